The van der Waals surface area contributed by atoms with Crippen LogP contribution in [0.4, 0.5) is 0 Å². The van der Waals surface area contributed by atoms with Gasteiger partial charge in [-0.05, 0) is 24.0 Å². The van der Waals surface area contributed by atoms with Gasteiger partial charge in [0, 0.05) is 25.1 Å². The third-order valence-electron chi connectivity index (χ3n) is 2.78. The summed E-state index contributed by atoms with van der Waals surface area (Å²) in [5.74, 6) is 0. The Kier molecular flexibility index (Phi) is 5.94. The molecule has 0 aliphatic rings. The van der Waals surface area contributed by atoms with Crippen LogP contribution in [0.3, 0.4) is 0 Å². The fourth-order valence-electron chi connectivity index (χ4n) is 1.42. The van der Waals surface area contributed by atoms with Crippen molar-refractivity contribution in [3.63, 3.8) is 0 Å². The molecular formula is C12H21NO4S2. The van der Waals surface area contributed by atoms with E-state index in [4.69, 9.17) is 9.84 Å². The summed E-state index contributed by atoms with van der Waals surface area (Å²) in [6, 6.07) is 3.13. The first-order valence-electron chi connectivity index (χ1n) is 5.99. The van der Waals surface area contributed by atoms with Gasteiger partial charge in [0.2, 0.25) is 10.0 Å². The lowest BCUT2D eigenvalue weighted by molar-refractivity contribution is 0.153. The Hall–Kier alpha value is -0.470. The van der Waals surface area contributed by atoms with Crippen molar-refractivity contribution in [3.05, 3.63) is 17.0 Å². The highest BCUT2D eigenvalue weighted by Crippen LogP contribution is 2.23. The molecule has 0 aromatic carbocycles. The first kappa shape index (κ1) is 16.6. The van der Waals surface area contributed by atoms with Gasteiger partial charge in [-0.3, -0.25) is 0 Å². The van der Waals surface area contributed by atoms with Gasteiger partial charge in [0.15, 0.2) is 0 Å². The lowest BCUT2D eigenvalue weighted by Crippen LogP contribution is -2.34. The molecule has 0 aliphatic heterocycles. The number of aliphatic hydroxyl groups excluding tert-OH is 1. The number of ether oxygens (including phenoxy) is 1. The highest BCUT2D eigenvalue weighted by molar-refractivity contribution is 7.91. The number of hydrogen-bond acceptors (Lipinski definition) is 5. The summed E-state index contributed by atoms with van der Waals surface area (Å²) in [4.78, 5) is 0.638. The van der Waals surface area contributed by atoms with Gasteiger partial charge in [-0.1, -0.05) is 13.8 Å². The van der Waals surface area contributed by atoms with Crippen molar-refractivity contribution in [1.82, 2.24) is 4.72 Å². The van der Waals surface area contributed by atoms with Crippen molar-refractivity contribution < 1.29 is 18.3 Å². The molecule has 0 unspecified atom stereocenters. The van der Waals surface area contributed by atoms with Crippen LogP contribution in [0.15, 0.2) is 16.3 Å². The summed E-state index contributed by atoms with van der Waals surface area (Å²) >= 11 is 1.08. The summed E-state index contributed by atoms with van der Waals surface area (Å²) in [7, 11) is -1.86. The SMILES string of the molecule is COCCC(C)(C)CNS(=O)(=O)c1ccc(CO)s1. The number of aliphatic hydroxyl groups is 1. The second-order valence-electron chi connectivity index (χ2n) is 5.11. The topological polar surface area (TPSA) is 75.6 Å². The standard InChI is InChI=1S/C12H21NO4S2/c1-12(2,6-7-17-3)9-13-19(15,16)11-5-4-10(8-14)18-11/h4-5,13-14H,6-9H2,1-3H3. The normalized spacial score (nSPS) is 12.8. The van der Waals surface area contributed by atoms with Crippen LogP contribution in [0.5, 0.6) is 0 Å². The van der Waals surface area contributed by atoms with Crippen molar-refractivity contribution in [3.8, 4) is 0 Å². The van der Waals surface area contributed by atoms with Gasteiger partial charge in [-0.15, -0.1) is 11.3 Å². The summed E-state index contributed by atoms with van der Waals surface area (Å²) in [5.41, 5.74) is -0.167. The Morgan fingerprint density at radius 1 is 1.42 bits per heavy atom. The molecule has 0 atom stereocenters. The van der Waals surface area contributed by atoms with E-state index in [1.807, 2.05) is 13.8 Å². The van der Waals surface area contributed by atoms with E-state index in [1.54, 1.807) is 13.2 Å². The predicted molar refractivity (Wildman–Crippen MR) is 75.7 cm³/mol. The van der Waals surface area contributed by atoms with Crippen molar-refractivity contribution >= 4 is 21.4 Å². The molecule has 2 N–H and O–H groups in total. The molecule has 1 heterocycles. The van der Waals surface area contributed by atoms with E-state index < -0.39 is 10.0 Å². The molecule has 0 fully saturated rings. The first-order chi connectivity index (χ1) is 8.80. The maximum Gasteiger partial charge on any atom is 0.250 e. The predicted octanol–water partition coefficient (Wildman–Crippen LogP) is 1.58. The fourth-order valence-corrected chi connectivity index (χ4v) is 3.92. The Morgan fingerprint density at radius 3 is 2.63 bits per heavy atom. The molecule has 19 heavy (non-hydrogen) atoms. The highest BCUT2D eigenvalue weighted by atomic mass is 32.2. The fraction of sp³-hybridized carbons (Fsp3) is 0.667. The quantitative estimate of drug-likeness (QED) is 0.764. The zero-order valence-corrected chi connectivity index (χ0v) is 13.1. The summed E-state index contributed by atoms with van der Waals surface area (Å²) in [5, 5.41) is 8.95. The molecule has 5 nitrogen and oxygen atoms in total. The van der Waals surface area contributed by atoms with Gasteiger partial charge in [0.1, 0.15) is 4.21 Å². The molecule has 0 spiro atoms. The number of hydrogen-bond donors (Lipinski definition) is 2. The summed E-state index contributed by atoms with van der Waals surface area (Å²) < 4.78 is 32.0. The lowest BCUT2D eigenvalue weighted by atomic mass is 9.90. The highest BCUT2D eigenvalue weighted by Gasteiger charge is 2.23. The number of thiophene rings is 1. The van der Waals surface area contributed by atoms with Gasteiger partial charge < -0.3 is 9.84 Å². The van der Waals surface area contributed by atoms with Crippen molar-refractivity contribution in [1.29, 1.82) is 0 Å². The van der Waals surface area contributed by atoms with Gasteiger partial charge >= 0.3 is 0 Å². The third-order valence-corrected chi connectivity index (χ3v) is 5.74. The first-order valence-corrected chi connectivity index (χ1v) is 8.29. The molecule has 0 aliphatic carbocycles. The van der Waals surface area contributed by atoms with Crippen LogP contribution in [0.2, 0.25) is 0 Å². The van der Waals surface area contributed by atoms with Crippen molar-refractivity contribution in [2.45, 2.75) is 31.1 Å². The van der Waals surface area contributed by atoms with Crippen LogP contribution in [0.25, 0.3) is 0 Å². The van der Waals surface area contributed by atoms with Crippen molar-refractivity contribution in [2.75, 3.05) is 20.3 Å². The van der Waals surface area contributed by atoms with Crippen LogP contribution < -0.4 is 4.72 Å². The van der Waals surface area contributed by atoms with Crippen LogP contribution in [-0.2, 0) is 21.4 Å². The smallest absolute Gasteiger partial charge is 0.250 e. The van der Waals surface area contributed by atoms with E-state index in [0.717, 1.165) is 17.8 Å². The van der Waals surface area contributed by atoms with E-state index in [0.29, 0.717) is 18.0 Å². The molecule has 0 amide bonds. The number of methoxy groups -OCH3 is 1. The largest absolute Gasteiger partial charge is 0.391 e. The minimum Gasteiger partial charge on any atom is -0.391 e. The minimum atomic E-state index is -3.49. The second-order valence-corrected chi connectivity index (χ2v) is 8.27. The van der Waals surface area contributed by atoms with Crippen LogP contribution in [0.1, 0.15) is 25.1 Å². The number of rotatable bonds is 8. The number of nitrogens with one attached hydrogen (secondary N) is 1. The van der Waals surface area contributed by atoms with E-state index in [2.05, 4.69) is 4.72 Å². The van der Waals surface area contributed by atoms with Crippen LogP contribution in [-0.4, -0.2) is 33.8 Å². The van der Waals surface area contributed by atoms with Gasteiger partial charge in [-0.2, -0.15) is 0 Å². The molecule has 1 aromatic heterocycles. The average Bonchev–Trinajstić information content (AvgIpc) is 2.84. The molecule has 7 heteroatoms. The molecule has 0 radical (unpaired) electrons. The van der Waals surface area contributed by atoms with E-state index >= 15 is 0 Å². The van der Waals surface area contributed by atoms with Crippen LogP contribution in [0, 0.1) is 5.41 Å². The Bertz CT molecular complexity index is 494. The zero-order valence-electron chi connectivity index (χ0n) is 11.5. The zero-order chi connectivity index (χ0) is 14.5. The van der Waals surface area contributed by atoms with Gasteiger partial charge in [0.25, 0.3) is 0 Å². The van der Waals surface area contributed by atoms with Gasteiger partial charge in [0.05, 0.1) is 6.61 Å². The molecule has 110 valence electrons. The summed E-state index contributed by atoms with van der Waals surface area (Å²) in [6.07, 6.45) is 0.776. The summed E-state index contributed by atoms with van der Waals surface area (Å²) in [6.45, 7) is 4.79. The van der Waals surface area contributed by atoms with Crippen LogP contribution >= 0.6 is 11.3 Å². The molecule has 0 bridgehead atoms. The van der Waals surface area contributed by atoms with E-state index in [9.17, 15) is 8.42 Å². The van der Waals surface area contributed by atoms with Gasteiger partial charge in [-0.25, -0.2) is 13.1 Å². The molecule has 1 rings (SSSR count). The minimum absolute atomic E-state index is 0.139. The lowest BCUT2D eigenvalue weighted by Gasteiger charge is -2.24. The molecule has 0 saturated carbocycles. The Labute approximate surface area is 118 Å². The number of sulfonamides is 1. The monoisotopic (exact) mass is 307 g/mol. The Morgan fingerprint density at radius 2 is 2.11 bits per heavy atom. The maximum atomic E-state index is 12.1. The van der Waals surface area contributed by atoms with Crippen molar-refractivity contribution in [2.24, 2.45) is 5.41 Å². The van der Waals surface area contributed by atoms with E-state index in [1.165, 1.54) is 6.07 Å². The molecule has 1 aromatic rings. The average molecular weight is 307 g/mol. The second kappa shape index (κ2) is 6.81. The molecule has 0 saturated heterocycles. The maximum absolute atomic E-state index is 12.1. The Balaban J connectivity index is 2.65. The molecular weight excluding hydrogens is 286 g/mol. The van der Waals surface area contributed by atoms with E-state index in [-0.39, 0.29) is 16.2 Å². The third kappa shape index (κ3) is 5.19.